The smallest absolute Gasteiger partial charge is 0.196 e. The van der Waals surface area contributed by atoms with Crippen molar-refractivity contribution in [3.63, 3.8) is 0 Å². The number of rotatable bonds is 4. The summed E-state index contributed by atoms with van der Waals surface area (Å²) in [4.78, 5) is 12.6. The largest absolute Gasteiger partial charge is 0.486 e. The van der Waals surface area contributed by atoms with Crippen LogP contribution in [-0.2, 0) is 4.74 Å². The fourth-order valence-corrected chi connectivity index (χ4v) is 2.37. The Morgan fingerprint density at radius 2 is 1.76 bits per heavy atom. The highest BCUT2D eigenvalue weighted by atomic mass is 16.6. The third kappa shape index (κ3) is 2.76. The maximum Gasteiger partial charge on any atom is 0.196 e. The molecule has 0 aromatic heterocycles. The second-order valence-corrected chi connectivity index (χ2v) is 4.75. The molecule has 1 heterocycles. The standard InChI is InChI=1S/C17H16O4/c1-19-17(12-5-3-2-4-6-12)16(18)13-7-8-14-15(11-13)21-10-9-20-14/h2-8,11,17H,9-10H2,1H3. The van der Waals surface area contributed by atoms with Crippen LogP contribution in [0.4, 0.5) is 0 Å². The molecule has 4 heteroatoms. The van der Waals surface area contributed by atoms with Gasteiger partial charge in [-0.1, -0.05) is 30.3 Å². The molecule has 0 amide bonds. The van der Waals surface area contributed by atoms with E-state index in [0.717, 1.165) is 5.56 Å². The molecule has 0 saturated heterocycles. The normalized spacial score (nSPS) is 14.5. The quantitative estimate of drug-likeness (QED) is 0.810. The number of benzene rings is 2. The number of carbonyl (C=O) groups excluding carboxylic acids is 1. The van der Waals surface area contributed by atoms with E-state index in [4.69, 9.17) is 14.2 Å². The van der Waals surface area contributed by atoms with Gasteiger partial charge in [-0.2, -0.15) is 0 Å². The molecule has 0 radical (unpaired) electrons. The predicted octanol–water partition coefficient (Wildman–Crippen LogP) is 3.03. The first-order valence-electron chi connectivity index (χ1n) is 6.81. The van der Waals surface area contributed by atoms with Crippen LogP contribution >= 0.6 is 0 Å². The zero-order valence-corrected chi connectivity index (χ0v) is 11.7. The van der Waals surface area contributed by atoms with Gasteiger partial charge in [0.05, 0.1) is 0 Å². The average Bonchev–Trinajstić information content (AvgIpc) is 2.56. The number of ketones is 1. The minimum atomic E-state index is -0.617. The molecule has 3 rings (SSSR count). The van der Waals surface area contributed by atoms with Crippen LogP contribution in [-0.4, -0.2) is 26.1 Å². The molecule has 4 nitrogen and oxygen atoms in total. The first kappa shape index (κ1) is 13.6. The molecule has 2 aromatic carbocycles. The lowest BCUT2D eigenvalue weighted by molar-refractivity contribution is 0.0603. The summed E-state index contributed by atoms with van der Waals surface area (Å²) < 4.78 is 16.4. The van der Waals surface area contributed by atoms with E-state index in [9.17, 15) is 4.79 Å². The van der Waals surface area contributed by atoms with E-state index in [1.54, 1.807) is 18.2 Å². The van der Waals surface area contributed by atoms with Crippen LogP contribution in [0.2, 0.25) is 0 Å². The van der Waals surface area contributed by atoms with Gasteiger partial charge in [0.2, 0.25) is 0 Å². The Bertz CT molecular complexity index is 636. The Morgan fingerprint density at radius 1 is 1.05 bits per heavy atom. The van der Waals surface area contributed by atoms with E-state index in [1.165, 1.54) is 7.11 Å². The van der Waals surface area contributed by atoms with E-state index in [-0.39, 0.29) is 5.78 Å². The summed E-state index contributed by atoms with van der Waals surface area (Å²) in [6.45, 7) is 1.03. The van der Waals surface area contributed by atoms with E-state index < -0.39 is 6.10 Å². The highest BCUT2D eigenvalue weighted by molar-refractivity contribution is 6.00. The third-order valence-corrected chi connectivity index (χ3v) is 3.40. The summed E-state index contributed by atoms with van der Waals surface area (Å²) in [5.41, 5.74) is 1.38. The highest BCUT2D eigenvalue weighted by Crippen LogP contribution is 2.32. The van der Waals surface area contributed by atoms with Gasteiger partial charge in [-0.25, -0.2) is 0 Å². The first-order chi connectivity index (χ1) is 10.3. The Balaban J connectivity index is 1.90. The zero-order valence-electron chi connectivity index (χ0n) is 11.7. The predicted molar refractivity (Wildman–Crippen MR) is 78.0 cm³/mol. The Kier molecular flexibility index (Phi) is 3.88. The molecule has 0 N–H and O–H groups in total. The van der Waals surface area contributed by atoms with Crippen molar-refractivity contribution in [2.75, 3.05) is 20.3 Å². The topological polar surface area (TPSA) is 44.8 Å². The van der Waals surface area contributed by atoms with E-state index >= 15 is 0 Å². The molecule has 0 fully saturated rings. The van der Waals surface area contributed by atoms with Gasteiger partial charge in [-0.3, -0.25) is 4.79 Å². The van der Waals surface area contributed by atoms with Crippen LogP contribution in [0.25, 0.3) is 0 Å². The Morgan fingerprint density at radius 3 is 2.48 bits per heavy atom. The lowest BCUT2D eigenvalue weighted by Crippen LogP contribution is -2.18. The average molecular weight is 284 g/mol. The Labute approximate surface area is 123 Å². The van der Waals surface area contributed by atoms with Gasteiger partial charge in [-0.15, -0.1) is 0 Å². The highest BCUT2D eigenvalue weighted by Gasteiger charge is 2.23. The van der Waals surface area contributed by atoms with Crippen LogP contribution in [0, 0.1) is 0 Å². The minimum absolute atomic E-state index is 0.0966. The van der Waals surface area contributed by atoms with Gasteiger partial charge in [0, 0.05) is 12.7 Å². The second kappa shape index (κ2) is 5.97. The van der Waals surface area contributed by atoms with E-state index in [0.29, 0.717) is 30.3 Å². The van der Waals surface area contributed by atoms with Gasteiger partial charge < -0.3 is 14.2 Å². The number of fused-ring (bicyclic) bond motifs is 1. The van der Waals surface area contributed by atoms with Crippen molar-refractivity contribution in [1.29, 1.82) is 0 Å². The summed E-state index contributed by atoms with van der Waals surface area (Å²) in [6, 6.07) is 14.7. The molecule has 1 atom stereocenters. The first-order valence-corrected chi connectivity index (χ1v) is 6.81. The second-order valence-electron chi connectivity index (χ2n) is 4.75. The molecule has 0 spiro atoms. The molecule has 21 heavy (non-hydrogen) atoms. The summed E-state index contributed by atoms with van der Waals surface area (Å²) in [7, 11) is 1.54. The van der Waals surface area contributed by atoms with Crippen molar-refractivity contribution in [1.82, 2.24) is 0 Å². The fourth-order valence-electron chi connectivity index (χ4n) is 2.37. The van der Waals surface area contributed by atoms with E-state index in [1.807, 2.05) is 30.3 Å². The summed E-state index contributed by atoms with van der Waals surface area (Å²) in [6.07, 6.45) is -0.617. The lowest BCUT2D eigenvalue weighted by Gasteiger charge is -2.20. The monoisotopic (exact) mass is 284 g/mol. The lowest BCUT2D eigenvalue weighted by atomic mass is 9.99. The van der Waals surface area contributed by atoms with Crippen molar-refractivity contribution in [2.24, 2.45) is 0 Å². The third-order valence-electron chi connectivity index (χ3n) is 3.40. The summed E-state index contributed by atoms with van der Waals surface area (Å²) >= 11 is 0. The number of Topliss-reactive ketones (excluding diaryl/α,β-unsaturated/α-hetero) is 1. The SMILES string of the molecule is COC(C(=O)c1ccc2c(c1)OCCO2)c1ccccc1. The van der Waals surface area contributed by atoms with Crippen LogP contribution in [0.1, 0.15) is 22.0 Å². The van der Waals surface area contributed by atoms with Crippen molar-refractivity contribution < 1.29 is 19.0 Å². The molecule has 0 saturated carbocycles. The molecular formula is C17H16O4. The van der Waals surface area contributed by atoms with Crippen molar-refractivity contribution in [3.05, 3.63) is 59.7 Å². The molecule has 0 bridgehead atoms. The molecule has 0 aliphatic carbocycles. The van der Waals surface area contributed by atoms with Gasteiger partial charge in [-0.05, 0) is 23.8 Å². The maximum absolute atomic E-state index is 12.6. The number of carbonyl (C=O) groups is 1. The Hall–Kier alpha value is -2.33. The van der Waals surface area contributed by atoms with E-state index in [2.05, 4.69) is 0 Å². The maximum atomic E-state index is 12.6. The molecule has 1 unspecified atom stereocenters. The fraction of sp³-hybridized carbons (Fsp3) is 0.235. The van der Waals surface area contributed by atoms with Crippen LogP contribution in [0.15, 0.2) is 48.5 Å². The van der Waals surface area contributed by atoms with Gasteiger partial charge in [0.25, 0.3) is 0 Å². The van der Waals surface area contributed by atoms with Gasteiger partial charge in [0.1, 0.15) is 19.3 Å². The minimum Gasteiger partial charge on any atom is -0.486 e. The van der Waals surface area contributed by atoms with Crippen LogP contribution in [0.5, 0.6) is 11.5 Å². The van der Waals surface area contributed by atoms with Crippen LogP contribution < -0.4 is 9.47 Å². The molecular weight excluding hydrogens is 268 g/mol. The number of methoxy groups -OCH3 is 1. The number of hydrogen-bond donors (Lipinski definition) is 0. The van der Waals surface area contributed by atoms with Crippen molar-refractivity contribution in [3.8, 4) is 11.5 Å². The van der Waals surface area contributed by atoms with Crippen LogP contribution in [0.3, 0.4) is 0 Å². The summed E-state index contributed by atoms with van der Waals surface area (Å²) in [5.74, 6) is 1.18. The molecule has 2 aromatic rings. The zero-order chi connectivity index (χ0) is 14.7. The van der Waals surface area contributed by atoms with Crippen molar-refractivity contribution >= 4 is 5.78 Å². The molecule has 108 valence electrons. The number of ether oxygens (including phenoxy) is 3. The van der Waals surface area contributed by atoms with Gasteiger partial charge in [0.15, 0.2) is 17.3 Å². The number of hydrogen-bond acceptors (Lipinski definition) is 4. The van der Waals surface area contributed by atoms with Crippen molar-refractivity contribution in [2.45, 2.75) is 6.10 Å². The molecule has 1 aliphatic heterocycles. The summed E-state index contributed by atoms with van der Waals surface area (Å²) in [5, 5.41) is 0. The van der Waals surface area contributed by atoms with Gasteiger partial charge >= 0.3 is 0 Å². The molecule has 1 aliphatic rings.